The Bertz CT molecular complexity index is 532. The maximum atomic E-state index is 5.10. The molecule has 0 unspecified atom stereocenters. The van der Waals surface area contributed by atoms with Crippen molar-refractivity contribution in [1.82, 2.24) is 5.32 Å². The van der Waals surface area contributed by atoms with Gasteiger partial charge in [-0.05, 0) is 50.7 Å². The lowest BCUT2D eigenvalue weighted by Gasteiger charge is -2.27. The molecule has 0 aromatic heterocycles. The van der Waals surface area contributed by atoms with E-state index in [1.54, 1.807) is 0 Å². The molecule has 0 atom stereocenters. The van der Waals surface area contributed by atoms with E-state index in [4.69, 9.17) is 4.99 Å². The molecule has 2 N–H and O–H groups in total. The van der Waals surface area contributed by atoms with Gasteiger partial charge in [0, 0.05) is 11.7 Å². The van der Waals surface area contributed by atoms with Crippen LogP contribution in [0, 0.1) is 13.8 Å². The summed E-state index contributed by atoms with van der Waals surface area (Å²) in [5, 5.41) is 7.39. The molecule has 0 radical (unpaired) electrons. The number of aliphatic imine (C=N–C) groups is 1. The lowest BCUT2D eigenvalue weighted by molar-refractivity contribution is 0.408. The minimum Gasteiger partial charge on any atom is -0.353 e. The summed E-state index contributed by atoms with van der Waals surface area (Å²) in [4.78, 5) is 5.10. The standard InChI is InChI=1S/C21H33N3/c1-16-10-9-11-17(2)20(16)24-21(22-18-12-5-3-6-13-18)23-19-14-7-4-8-15-19/h9-11,18-19H,3-8,12-15H2,1-2H3,(H2,22,23,24). The predicted molar refractivity (Wildman–Crippen MR) is 104 cm³/mol. The molecule has 3 rings (SSSR count). The quantitative estimate of drug-likeness (QED) is 0.582. The number of hydrogen-bond acceptors (Lipinski definition) is 1. The highest BCUT2D eigenvalue weighted by Gasteiger charge is 2.18. The van der Waals surface area contributed by atoms with Crippen LogP contribution in [0.1, 0.15) is 75.3 Å². The molecule has 3 heteroatoms. The minimum absolute atomic E-state index is 0.488. The second-order valence-corrected chi connectivity index (χ2v) is 7.64. The zero-order valence-corrected chi connectivity index (χ0v) is 15.4. The fourth-order valence-electron chi connectivity index (χ4n) is 4.07. The van der Waals surface area contributed by atoms with E-state index >= 15 is 0 Å². The van der Waals surface area contributed by atoms with Crippen LogP contribution in [-0.2, 0) is 0 Å². The number of hydrogen-bond donors (Lipinski definition) is 2. The summed E-state index contributed by atoms with van der Waals surface area (Å²) >= 11 is 0. The normalized spacial score (nSPS) is 20.8. The number of anilines is 1. The molecule has 2 aliphatic rings. The summed E-state index contributed by atoms with van der Waals surface area (Å²) < 4.78 is 0. The van der Waals surface area contributed by atoms with Gasteiger partial charge in [-0.2, -0.15) is 0 Å². The lowest BCUT2D eigenvalue weighted by atomic mass is 9.95. The Labute approximate surface area is 147 Å². The second-order valence-electron chi connectivity index (χ2n) is 7.64. The van der Waals surface area contributed by atoms with Gasteiger partial charge in [0.1, 0.15) is 0 Å². The summed E-state index contributed by atoms with van der Waals surface area (Å²) in [6.07, 6.45) is 13.1. The summed E-state index contributed by atoms with van der Waals surface area (Å²) in [5.74, 6) is 1.01. The fraction of sp³-hybridized carbons (Fsp3) is 0.667. The maximum absolute atomic E-state index is 5.10. The third-order valence-electron chi connectivity index (χ3n) is 5.56. The van der Waals surface area contributed by atoms with Crippen molar-refractivity contribution in [2.45, 2.75) is 90.1 Å². The first-order valence-corrected chi connectivity index (χ1v) is 9.90. The largest absolute Gasteiger partial charge is 0.353 e. The Hall–Kier alpha value is -1.51. The van der Waals surface area contributed by atoms with Crippen LogP contribution in [0.15, 0.2) is 23.2 Å². The van der Waals surface area contributed by atoms with E-state index in [2.05, 4.69) is 42.7 Å². The number of aryl methyl sites for hydroxylation is 2. The zero-order chi connectivity index (χ0) is 16.8. The maximum Gasteiger partial charge on any atom is 0.196 e. The highest BCUT2D eigenvalue weighted by molar-refractivity contribution is 5.95. The van der Waals surface area contributed by atoms with Crippen LogP contribution in [-0.4, -0.2) is 18.0 Å². The van der Waals surface area contributed by atoms with Crippen molar-refractivity contribution < 1.29 is 0 Å². The van der Waals surface area contributed by atoms with Crippen LogP contribution in [0.3, 0.4) is 0 Å². The van der Waals surface area contributed by atoms with Gasteiger partial charge in [0.25, 0.3) is 0 Å². The van der Waals surface area contributed by atoms with E-state index in [0.717, 1.165) is 5.96 Å². The molecule has 132 valence electrons. The first-order chi connectivity index (χ1) is 11.7. The van der Waals surface area contributed by atoms with Gasteiger partial charge in [-0.1, -0.05) is 56.7 Å². The third-order valence-corrected chi connectivity index (χ3v) is 5.56. The highest BCUT2D eigenvalue weighted by atomic mass is 15.2. The SMILES string of the molecule is Cc1cccc(C)c1NC(=NC1CCCCC1)NC1CCCCC1. The van der Waals surface area contributed by atoms with Gasteiger partial charge >= 0.3 is 0 Å². The van der Waals surface area contributed by atoms with Crippen molar-refractivity contribution in [3.8, 4) is 0 Å². The summed E-state index contributed by atoms with van der Waals surface area (Å²) in [6, 6.07) is 7.55. The average molecular weight is 328 g/mol. The van der Waals surface area contributed by atoms with E-state index in [-0.39, 0.29) is 0 Å². The molecule has 0 spiro atoms. The smallest absolute Gasteiger partial charge is 0.196 e. The van der Waals surface area contributed by atoms with Crippen LogP contribution in [0.4, 0.5) is 5.69 Å². The van der Waals surface area contributed by atoms with Crippen molar-refractivity contribution in [3.63, 3.8) is 0 Å². The van der Waals surface area contributed by atoms with Crippen molar-refractivity contribution >= 4 is 11.6 Å². The van der Waals surface area contributed by atoms with Crippen LogP contribution in [0.5, 0.6) is 0 Å². The summed E-state index contributed by atoms with van der Waals surface area (Å²) in [6.45, 7) is 4.35. The van der Waals surface area contributed by atoms with E-state index in [0.29, 0.717) is 12.1 Å². The predicted octanol–water partition coefficient (Wildman–Crippen LogP) is 5.33. The first-order valence-electron chi connectivity index (χ1n) is 9.90. The number of nitrogens with one attached hydrogen (secondary N) is 2. The topological polar surface area (TPSA) is 36.4 Å². The molecule has 1 aromatic carbocycles. The molecule has 0 bridgehead atoms. The second kappa shape index (κ2) is 8.55. The zero-order valence-electron chi connectivity index (χ0n) is 15.4. The molecule has 1 aromatic rings. The minimum atomic E-state index is 0.488. The van der Waals surface area contributed by atoms with Crippen LogP contribution in [0.25, 0.3) is 0 Å². The summed E-state index contributed by atoms with van der Waals surface area (Å²) in [5.41, 5.74) is 3.80. The molecule has 0 heterocycles. The van der Waals surface area contributed by atoms with Gasteiger partial charge in [0.15, 0.2) is 5.96 Å². The van der Waals surface area contributed by atoms with E-state index in [1.807, 2.05) is 0 Å². The van der Waals surface area contributed by atoms with Gasteiger partial charge in [0.05, 0.1) is 6.04 Å². The highest BCUT2D eigenvalue weighted by Crippen LogP contribution is 2.23. The van der Waals surface area contributed by atoms with Crippen molar-refractivity contribution in [3.05, 3.63) is 29.3 Å². The molecular weight excluding hydrogens is 294 g/mol. The van der Waals surface area contributed by atoms with E-state index < -0.39 is 0 Å². The molecule has 24 heavy (non-hydrogen) atoms. The molecule has 0 aliphatic heterocycles. The molecular formula is C21H33N3. The van der Waals surface area contributed by atoms with Gasteiger partial charge < -0.3 is 10.6 Å². The third kappa shape index (κ3) is 4.75. The number of para-hydroxylation sites is 1. The van der Waals surface area contributed by atoms with Crippen LogP contribution < -0.4 is 10.6 Å². The Balaban J connectivity index is 1.76. The Morgan fingerprint density at radius 2 is 1.46 bits per heavy atom. The van der Waals surface area contributed by atoms with Gasteiger partial charge in [-0.3, -0.25) is 0 Å². The lowest BCUT2D eigenvalue weighted by Crippen LogP contribution is -2.41. The molecule has 3 nitrogen and oxygen atoms in total. The number of guanidine groups is 1. The number of rotatable bonds is 3. The first kappa shape index (κ1) is 17.3. The van der Waals surface area contributed by atoms with E-state index in [1.165, 1.54) is 81.0 Å². The molecule has 0 saturated heterocycles. The monoisotopic (exact) mass is 327 g/mol. The van der Waals surface area contributed by atoms with Gasteiger partial charge in [-0.25, -0.2) is 4.99 Å². The summed E-state index contributed by atoms with van der Waals surface area (Å²) in [7, 11) is 0. The molecule has 2 saturated carbocycles. The van der Waals surface area contributed by atoms with Crippen molar-refractivity contribution in [2.24, 2.45) is 4.99 Å². The van der Waals surface area contributed by atoms with Gasteiger partial charge in [0.2, 0.25) is 0 Å². The molecule has 2 aliphatic carbocycles. The Kier molecular flexibility index (Phi) is 6.17. The average Bonchev–Trinajstić information content (AvgIpc) is 2.60. The van der Waals surface area contributed by atoms with Crippen molar-refractivity contribution in [2.75, 3.05) is 5.32 Å². The van der Waals surface area contributed by atoms with E-state index in [9.17, 15) is 0 Å². The van der Waals surface area contributed by atoms with Gasteiger partial charge in [-0.15, -0.1) is 0 Å². The van der Waals surface area contributed by atoms with Crippen LogP contribution >= 0.6 is 0 Å². The Morgan fingerprint density at radius 1 is 0.875 bits per heavy atom. The number of benzene rings is 1. The number of nitrogens with zero attached hydrogens (tertiary/aromatic N) is 1. The van der Waals surface area contributed by atoms with Crippen LogP contribution in [0.2, 0.25) is 0 Å². The molecule has 2 fully saturated rings. The van der Waals surface area contributed by atoms with Crippen molar-refractivity contribution in [1.29, 1.82) is 0 Å². The molecule has 0 amide bonds. The Morgan fingerprint density at radius 3 is 2.08 bits per heavy atom. The fourth-order valence-corrected chi connectivity index (χ4v) is 4.07.